The summed E-state index contributed by atoms with van der Waals surface area (Å²) in [7, 11) is -3.61. The van der Waals surface area contributed by atoms with Crippen molar-refractivity contribution < 1.29 is 8.42 Å². The number of amidine groups is 1. The third-order valence-electron chi connectivity index (χ3n) is 4.87. The summed E-state index contributed by atoms with van der Waals surface area (Å²) < 4.78 is 29.0. The molecule has 0 saturated carbocycles. The number of piperidine rings is 1. The number of sulfonamides is 1. The largest absolute Gasteiger partial charge is 0.342 e. The van der Waals surface area contributed by atoms with Crippen LogP contribution in [0, 0.1) is 12.8 Å². The molecule has 5 nitrogen and oxygen atoms in total. The molecule has 132 valence electrons. The Kier molecular flexibility index (Phi) is 4.39. The van der Waals surface area contributed by atoms with E-state index in [1.54, 1.807) is 29.5 Å². The molecule has 1 fully saturated rings. The van der Waals surface area contributed by atoms with E-state index in [1.165, 1.54) is 10.4 Å². The molecule has 2 aromatic rings. The second-order valence-corrected chi connectivity index (χ2v) is 9.25. The molecule has 0 spiro atoms. The van der Waals surface area contributed by atoms with Gasteiger partial charge in [0.2, 0.25) is 0 Å². The normalized spacial score (nSPS) is 22.8. The Hall–Kier alpha value is -1.70. The summed E-state index contributed by atoms with van der Waals surface area (Å²) in [6.45, 7) is 4.95. The average molecular weight is 376 g/mol. The molecule has 4 rings (SSSR count). The van der Waals surface area contributed by atoms with E-state index in [0.717, 1.165) is 32.5 Å². The molecule has 25 heavy (non-hydrogen) atoms. The quantitative estimate of drug-likeness (QED) is 0.892. The number of nitrogens with zero attached hydrogens (tertiary/aromatic N) is 2. The second-order valence-electron chi connectivity index (χ2n) is 6.67. The number of likely N-dealkylation sites (tertiary alicyclic amines) is 1. The zero-order chi connectivity index (χ0) is 17.4. The molecule has 2 aliphatic rings. The SMILES string of the molecule is Cc1ccsc1CN1CCC[C@H](C2=NS(=O)(=O)c3ccccc3N2)C1. The van der Waals surface area contributed by atoms with Gasteiger partial charge < -0.3 is 5.32 Å². The Bertz CT molecular complexity index is 918. The van der Waals surface area contributed by atoms with Crippen LogP contribution in [0.1, 0.15) is 23.3 Å². The van der Waals surface area contributed by atoms with Crippen LogP contribution in [-0.4, -0.2) is 32.2 Å². The molecule has 0 radical (unpaired) electrons. The van der Waals surface area contributed by atoms with Gasteiger partial charge in [-0.25, -0.2) is 0 Å². The number of rotatable bonds is 3. The van der Waals surface area contributed by atoms with Crippen LogP contribution in [0.5, 0.6) is 0 Å². The number of benzene rings is 1. The highest BCUT2D eigenvalue weighted by atomic mass is 32.2. The molecular weight excluding hydrogens is 354 g/mol. The van der Waals surface area contributed by atoms with E-state index < -0.39 is 10.0 Å². The van der Waals surface area contributed by atoms with Crippen molar-refractivity contribution >= 4 is 32.9 Å². The molecule has 0 aliphatic carbocycles. The molecule has 1 aromatic heterocycles. The van der Waals surface area contributed by atoms with Gasteiger partial charge in [-0.2, -0.15) is 8.42 Å². The van der Waals surface area contributed by atoms with Crippen LogP contribution in [0.2, 0.25) is 0 Å². The topological polar surface area (TPSA) is 61.8 Å². The van der Waals surface area contributed by atoms with E-state index in [-0.39, 0.29) is 10.8 Å². The number of para-hydroxylation sites is 1. The van der Waals surface area contributed by atoms with Gasteiger partial charge in [0.1, 0.15) is 10.7 Å². The Morgan fingerprint density at radius 2 is 2.16 bits per heavy atom. The van der Waals surface area contributed by atoms with E-state index in [1.807, 2.05) is 6.07 Å². The minimum absolute atomic E-state index is 0.122. The van der Waals surface area contributed by atoms with Crippen molar-refractivity contribution in [1.29, 1.82) is 0 Å². The van der Waals surface area contributed by atoms with Crippen LogP contribution in [0.3, 0.4) is 0 Å². The fraction of sp³-hybridized carbons (Fsp3) is 0.389. The predicted molar refractivity (Wildman–Crippen MR) is 102 cm³/mol. The molecule has 1 aromatic carbocycles. The molecule has 0 amide bonds. The number of anilines is 1. The lowest BCUT2D eigenvalue weighted by molar-refractivity contribution is 0.198. The van der Waals surface area contributed by atoms with Crippen molar-refractivity contribution in [2.24, 2.45) is 10.3 Å². The minimum atomic E-state index is -3.61. The third kappa shape index (κ3) is 3.36. The van der Waals surface area contributed by atoms with Gasteiger partial charge in [-0.05, 0) is 55.5 Å². The van der Waals surface area contributed by atoms with Crippen molar-refractivity contribution in [1.82, 2.24) is 4.90 Å². The lowest BCUT2D eigenvalue weighted by Gasteiger charge is -2.34. The maximum absolute atomic E-state index is 12.5. The highest BCUT2D eigenvalue weighted by Crippen LogP contribution is 2.31. The highest BCUT2D eigenvalue weighted by molar-refractivity contribution is 7.90. The minimum Gasteiger partial charge on any atom is -0.342 e. The summed E-state index contributed by atoms with van der Waals surface area (Å²) in [4.78, 5) is 4.06. The van der Waals surface area contributed by atoms with Crippen molar-refractivity contribution in [3.8, 4) is 0 Å². The maximum atomic E-state index is 12.5. The standard InChI is InChI=1S/C18H21N3O2S2/c1-13-8-10-24-16(13)12-21-9-4-5-14(11-21)18-19-15-6-2-3-7-17(15)25(22,23)20-18/h2-3,6-8,10,14H,4-5,9,11-12H2,1H3,(H,19,20)/t14-/m0/s1. The van der Waals surface area contributed by atoms with Crippen molar-refractivity contribution in [3.63, 3.8) is 0 Å². The third-order valence-corrected chi connectivity index (χ3v) is 7.23. The van der Waals surface area contributed by atoms with E-state index in [2.05, 4.69) is 33.0 Å². The van der Waals surface area contributed by atoms with Gasteiger partial charge in [-0.15, -0.1) is 15.7 Å². The Morgan fingerprint density at radius 1 is 1.32 bits per heavy atom. The zero-order valence-corrected chi connectivity index (χ0v) is 15.7. The van der Waals surface area contributed by atoms with Gasteiger partial charge in [-0.1, -0.05) is 12.1 Å². The first-order valence-electron chi connectivity index (χ1n) is 8.49. The summed E-state index contributed by atoms with van der Waals surface area (Å²) in [6, 6.07) is 9.13. The molecule has 1 atom stereocenters. The number of nitrogens with one attached hydrogen (secondary N) is 1. The first-order chi connectivity index (χ1) is 12.0. The smallest absolute Gasteiger partial charge is 0.286 e. The first-order valence-corrected chi connectivity index (χ1v) is 10.8. The Labute approximate surface area is 152 Å². The molecule has 0 unspecified atom stereocenters. The fourth-order valence-corrected chi connectivity index (χ4v) is 5.65. The molecule has 1 N–H and O–H groups in total. The lowest BCUT2D eigenvalue weighted by Crippen LogP contribution is -2.41. The van der Waals surface area contributed by atoms with Gasteiger partial charge in [-0.3, -0.25) is 4.90 Å². The summed E-state index contributed by atoms with van der Waals surface area (Å²) in [5.74, 6) is 0.712. The zero-order valence-electron chi connectivity index (χ0n) is 14.1. The molecule has 3 heterocycles. The van der Waals surface area contributed by atoms with Gasteiger partial charge in [0, 0.05) is 23.9 Å². The second kappa shape index (κ2) is 6.55. The van der Waals surface area contributed by atoms with E-state index in [4.69, 9.17) is 0 Å². The van der Waals surface area contributed by atoms with Crippen LogP contribution in [0.15, 0.2) is 45.0 Å². The number of hydrogen-bond acceptors (Lipinski definition) is 5. The van der Waals surface area contributed by atoms with E-state index in [0.29, 0.717) is 11.5 Å². The van der Waals surface area contributed by atoms with E-state index >= 15 is 0 Å². The van der Waals surface area contributed by atoms with Crippen molar-refractivity contribution in [3.05, 3.63) is 46.2 Å². The van der Waals surface area contributed by atoms with E-state index in [9.17, 15) is 8.42 Å². The molecule has 1 saturated heterocycles. The summed E-state index contributed by atoms with van der Waals surface area (Å²) in [5.41, 5.74) is 1.97. The number of hydrogen-bond donors (Lipinski definition) is 1. The Morgan fingerprint density at radius 3 is 2.96 bits per heavy atom. The molecule has 7 heteroatoms. The summed E-state index contributed by atoms with van der Waals surface area (Å²) in [5, 5.41) is 5.39. The lowest BCUT2D eigenvalue weighted by atomic mass is 9.96. The molecular formula is C18H21N3O2S2. The van der Waals surface area contributed by atoms with Gasteiger partial charge in [0.05, 0.1) is 5.69 Å². The highest BCUT2D eigenvalue weighted by Gasteiger charge is 2.31. The molecule has 2 aliphatic heterocycles. The number of thiophene rings is 1. The molecule has 0 bridgehead atoms. The van der Waals surface area contributed by atoms with Gasteiger partial charge in [0.15, 0.2) is 0 Å². The maximum Gasteiger partial charge on any atom is 0.286 e. The predicted octanol–water partition coefficient (Wildman–Crippen LogP) is 3.48. The number of aryl methyl sites for hydroxylation is 1. The van der Waals surface area contributed by atoms with Crippen molar-refractivity contribution in [2.75, 3.05) is 18.4 Å². The average Bonchev–Trinajstić information content (AvgIpc) is 2.99. The van der Waals surface area contributed by atoms with Gasteiger partial charge >= 0.3 is 0 Å². The first kappa shape index (κ1) is 16.8. The van der Waals surface area contributed by atoms with Gasteiger partial charge in [0.25, 0.3) is 10.0 Å². The van der Waals surface area contributed by atoms with Crippen LogP contribution < -0.4 is 5.32 Å². The summed E-state index contributed by atoms with van der Waals surface area (Å²) in [6.07, 6.45) is 2.01. The number of fused-ring (bicyclic) bond motifs is 1. The fourth-order valence-electron chi connectivity index (χ4n) is 3.50. The van der Waals surface area contributed by atoms with Crippen LogP contribution >= 0.6 is 11.3 Å². The van der Waals surface area contributed by atoms with Crippen molar-refractivity contribution in [2.45, 2.75) is 31.2 Å². The monoisotopic (exact) mass is 375 g/mol. The van der Waals surface area contributed by atoms with Crippen LogP contribution in [0.25, 0.3) is 0 Å². The Balaban J connectivity index is 1.54. The van der Waals surface area contributed by atoms with Crippen LogP contribution in [-0.2, 0) is 16.6 Å². The van der Waals surface area contributed by atoms with Crippen LogP contribution in [0.4, 0.5) is 5.69 Å². The summed E-state index contributed by atoms with van der Waals surface area (Å²) >= 11 is 1.79.